The average Bonchev–Trinajstić information content (AvgIpc) is 2.36. The Morgan fingerprint density at radius 3 is 2.71 bits per heavy atom. The van der Waals surface area contributed by atoms with Crippen molar-refractivity contribution in [3.8, 4) is 11.8 Å². The molecule has 0 aliphatic carbocycles. The van der Waals surface area contributed by atoms with Gasteiger partial charge in [0.1, 0.15) is 17.9 Å². The number of nitriles is 1. The largest absolute Gasteiger partial charge is 0.490 e. The van der Waals surface area contributed by atoms with E-state index in [2.05, 4.69) is 11.4 Å². The Bertz CT molecular complexity index is 411. The Labute approximate surface area is 103 Å². The Morgan fingerprint density at radius 1 is 1.47 bits per heavy atom. The first-order valence-electron chi connectivity index (χ1n) is 5.51. The lowest BCUT2D eigenvalue weighted by Crippen LogP contribution is -2.43. The fraction of sp³-hybridized carbons (Fsp3) is 0.462. The molecule has 0 spiro atoms. The third kappa shape index (κ3) is 3.65. The normalized spacial score (nSPS) is 13.6. The van der Waals surface area contributed by atoms with Crippen LogP contribution in [0, 0.1) is 11.3 Å². The molecular formula is C13H19N3O. The van der Waals surface area contributed by atoms with Crippen LogP contribution < -0.4 is 15.0 Å². The van der Waals surface area contributed by atoms with Gasteiger partial charge in [-0.15, -0.1) is 0 Å². The van der Waals surface area contributed by atoms with Gasteiger partial charge in [0.15, 0.2) is 0 Å². The lowest BCUT2D eigenvalue weighted by Gasteiger charge is -2.21. The van der Waals surface area contributed by atoms with Crippen molar-refractivity contribution in [1.29, 1.82) is 5.26 Å². The maximum Gasteiger partial charge on any atom is 0.137 e. The Hall–Kier alpha value is -1.73. The maximum absolute atomic E-state index is 9.01. The van der Waals surface area contributed by atoms with E-state index in [0.717, 1.165) is 11.4 Å². The van der Waals surface area contributed by atoms with E-state index < -0.39 is 5.54 Å². The zero-order chi connectivity index (χ0) is 12.9. The fourth-order valence-corrected chi connectivity index (χ4v) is 1.24. The van der Waals surface area contributed by atoms with Crippen LogP contribution in [0.4, 0.5) is 5.69 Å². The SMILES string of the molecule is CNC(C)(C#N)COc1cccc(N(C)C)c1. The summed E-state index contributed by atoms with van der Waals surface area (Å²) in [6, 6.07) is 9.98. The molecule has 0 amide bonds. The molecule has 0 saturated heterocycles. The molecule has 1 N–H and O–H groups in total. The number of anilines is 1. The van der Waals surface area contributed by atoms with Crippen LogP contribution in [0.15, 0.2) is 24.3 Å². The van der Waals surface area contributed by atoms with E-state index in [9.17, 15) is 0 Å². The number of hydrogen-bond acceptors (Lipinski definition) is 4. The van der Waals surface area contributed by atoms with Crippen molar-refractivity contribution in [2.45, 2.75) is 12.5 Å². The number of likely N-dealkylation sites (N-methyl/N-ethyl adjacent to an activating group) is 1. The predicted molar refractivity (Wildman–Crippen MR) is 69.3 cm³/mol. The maximum atomic E-state index is 9.01. The quantitative estimate of drug-likeness (QED) is 0.839. The summed E-state index contributed by atoms with van der Waals surface area (Å²) in [7, 11) is 5.71. The number of nitrogens with zero attached hydrogens (tertiary/aromatic N) is 2. The summed E-state index contributed by atoms with van der Waals surface area (Å²) in [5.41, 5.74) is 0.416. The van der Waals surface area contributed by atoms with E-state index >= 15 is 0 Å². The molecule has 1 unspecified atom stereocenters. The van der Waals surface area contributed by atoms with Crippen molar-refractivity contribution in [2.75, 3.05) is 32.6 Å². The van der Waals surface area contributed by atoms with Gasteiger partial charge in [-0.2, -0.15) is 5.26 Å². The first kappa shape index (κ1) is 13.3. The molecule has 4 heteroatoms. The molecule has 0 saturated carbocycles. The van der Waals surface area contributed by atoms with E-state index in [1.807, 2.05) is 50.2 Å². The molecule has 0 aliphatic heterocycles. The van der Waals surface area contributed by atoms with Crippen LogP contribution in [0.1, 0.15) is 6.92 Å². The van der Waals surface area contributed by atoms with Crippen molar-refractivity contribution in [3.05, 3.63) is 24.3 Å². The summed E-state index contributed by atoms with van der Waals surface area (Å²) in [6.45, 7) is 2.12. The van der Waals surface area contributed by atoms with Crippen molar-refractivity contribution in [3.63, 3.8) is 0 Å². The third-order valence-corrected chi connectivity index (χ3v) is 2.66. The van der Waals surface area contributed by atoms with Gasteiger partial charge in [0.05, 0.1) is 6.07 Å². The van der Waals surface area contributed by atoms with Crippen LogP contribution in [-0.2, 0) is 0 Å². The molecule has 0 aliphatic rings. The van der Waals surface area contributed by atoms with E-state index in [0.29, 0.717) is 6.61 Å². The number of ether oxygens (including phenoxy) is 1. The third-order valence-electron chi connectivity index (χ3n) is 2.66. The highest BCUT2D eigenvalue weighted by molar-refractivity contribution is 5.49. The van der Waals surface area contributed by atoms with Crippen molar-refractivity contribution in [2.24, 2.45) is 0 Å². The number of hydrogen-bond donors (Lipinski definition) is 1. The van der Waals surface area contributed by atoms with Crippen LogP contribution in [0.2, 0.25) is 0 Å². The smallest absolute Gasteiger partial charge is 0.137 e. The topological polar surface area (TPSA) is 48.3 Å². The zero-order valence-electron chi connectivity index (χ0n) is 10.8. The summed E-state index contributed by atoms with van der Waals surface area (Å²) in [6.07, 6.45) is 0. The lowest BCUT2D eigenvalue weighted by atomic mass is 10.1. The van der Waals surface area contributed by atoms with Gasteiger partial charge in [-0.3, -0.25) is 5.32 Å². The second kappa shape index (κ2) is 5.55. The van der Waals surface area contributed by atoms with Crippen LogP contribution in [0.3, 0.4) is 0 Å². The second-order valence-electron chi connectivity index (χ2n) is 4.37. The Morgan fingerprint density at radius 2 is 2.18 bits per heavy atom. The van der Waals surface area contributed by atoms with Crippen LogP contribution >= 0.6 is 0 Å². The minimum absolute atomic E-state index is 0.316. The average molecular weight is 233 g/mol. The standard InChI is InChI=1S/C13H19N3O/c1-13(9-14,15-2)10-17-12-7-5-6-11(8-12)16(3)4/h5-8,15H,10H2,1-4H3. The van der Waals surface area contributed by atoms with Gasteiger partial charge in [-0.25, -0.2) is 0 Å². The molecule has 0 radical (unpaired) electrons. The van der Waals surface area contributed by atoms with Gasteiger partial charge in [0.25, 0.3) is 0 Å². The van der Waals surface area contributed by atoms with Crippen LogP contribution in [0.5, 0.6) is 5.75 Å². The summed E-state index contributed by atoms with van der Waals surface area (Å²) in [5.74, 6) is 0.771. The molecule has 0 bridgehead atoms. The zero-order valence-corrected chi connectivity index (χ0v) is 10.8. The van der Waals surface area contributed by atoms with Crippen LogP contribution in [0.25, 0.3) is 0 Å². The molecule has 1 aromatic carbocycles. The second-order valence-corrected chi connectivity index (χ2v) is 4.37. The Balaban J connectivity index is 2.70. The predicted octanol–water partition coefficient (Wildman–Crippen LogP) is 1.63. The van der Waals surface area contributed by atoms with Gasteiger partial charge >= 0.3 is 0 Å². The summed E-state index contributed by atoms with van der Waals surface area (Å²) >= 11 is 0. The summed E-state index contributed by atoms with van der Waals surface area (Å²) < 4.78 is 5.63. The molecule has 0 aromatic heterocycles. The van der Waals surface area contributed by atoms with E-state index in [1.165, 1.54) is 0 Å². The molecule has 1 aromatic rings. The van der Waals surface area contributed by atoms with Crippen molar-refractivity contribution >= 4 is 5.69 Å². The van der Waals surface area contributed by atoms with Crippen LogP contribution in [-0.4, -0.2) is 33.3 Å². The highest BCUT2D eigenvalue weighted by Gasteiger charge is 2.22. The van der Waals surface area contributed by atoms with Gasteiger partial charge in [-0.05, 0) is 26.1 Å². The van der Waals surface area contributed by atoms with E-state index in [-0.39, 0.29) is 0 Å². The lowest BCUT2D eigenvalue weighted by molar-refractivity contribution is 0.242. The molecule has 0 fully saturated rings. The first-order valence-corrected chi connectivity index (χ1v) is 5.51. The minimum atomic E-state index is -0.659. The molecule has 92 valence electrons. The first-order chi connectivity index (χ1) is 8.00. The highest BCUT2D eigenvalue weighted by atomic mass is 16.5. The number of rotatable bonds is 5. The summed E-state index contributed by atoms with van der Waals surface area (Å²) in [4.78, 5) is 2.01. The van der Waals surface area contributed by atoms with Gasteiger partial charge in [0, 0.05) is 25.8 Å². The fourth-order valence-electron chi connectivity index (χ4n) is 1.24. The van der Waals surface area contributed by atoms with E-state index in [4.69, 9.17) is 10.00 Å². The molecule has 17 heavy (non-hydrogen) atoms. The van der Waals surface area contributed by atoms with Gasteiger partial charge < -0.3 is 9.64 Å². The summed E-state index contributed by atoms with van der Waals surface area (Å²) in [5, 5.41) is 11.9. The monoisotopic (exact) mass is 233 g/mol. The van der Waals surface area contributed by atoms with E-state index in [1.54, 1.807) is 7.05 Å². The molecule has 1 rings (SSSR count). The minimum Gasteiger partial charge on any atom is -0.490 e. The van der Waals surface area contributed by atoms with Crippen molar-refractivity contribution < 1.29 is 4.74 Å². The molecule has 1 atom stereocenters. The van der Waals surface area contributed by atoms with Gasteiger partial charge in [0.2, 0.25) is 0 Å². The number of nitrogens with one attached hydrogen (secondary N) is 1. The molecule has 4 nitrogen and oxygen atoms in total. The molecule has 0 heterocycles. The Kier molecular flexibility index (Phi) is 4.36. The molecular weight excluding hydrogens is 214 g/mol. The highest BCUT2D eigenvalue weighted by Crippen LogP contribution is 2.20. The van der Waals surface area contributed by atoms with Gasteiger partial charge in [-0.1, -0.05) is 6.07 Å². The number of benzene rings is 1. The van der Waals surface area contributed by atoms with Crippen molar-refractivity contribution in [1.82, 2.24) is 5.32 Å².